The van der Waals surface area contributed by atoms with Crippen LogP contribution in [0.1, 0.15) is 31.2 Å². The van der Waals surface area contributed by atoms with Crippen molar-refractivity contribution in [2.45, 2.75) is 36.8 Å². The Balaban J connectivity index is 1.36. The van der Waals surface area contributed by atoms with Crippen molar-refractivity contribution in [3.63, 3.8) is 0 Å². The Hall–Kier alpha value is -2.73. The molecule has 152 valence electrons. The topological polar surface area (TPSA) is 54.0 Å². The van der Waals surface area contributed by atoms with Gasteiger partial charge in [0.25, 0.3) is 0 Å². The number of urea groups is 1. The third-order valence-corrected chi connectivity index (χ3v) is 6.95. The quantitative estimate of drug-likeness (QED) is 0.864. The van der Waals surface area contributed by atoms with Crippen LogP contribution in [0.3, 0.4) is 0 Å². The molecule has 2 heterocycles. The maximum atomic E-state index is 12.8. The molecule has 2 fully saturated rings. The van der Waals surface area contributed by atoms with E-state index in [4.69, 9.17) is 9.47 Å². The van der Waals surface area contributed by atoms with Crippen LogP contribution in [-0.4, -0.2) is 43.9 Å². The number of benzene rings is 2. The van der Waals surface area contributed by atoms with Crippen molar-refractivity contribution < 1.29 is 14.3 Å². The van der Waals surface area contributed by atoms with Crippen LogP contribution in [0, 0.1) is 0 Å². The van der Waals surface area contributed by atoms with Gasteiger partial charge in [0.2, 0.25) is 6.79 Å². The van der Waals surface area contributed by atoms with E-state index in [0.717, 1.165) is 37.1 Å². The van der Waals surface area contributed by atoms with E-state index in [0.29, 0.717) is 12.3 Å². The molecule has 2 aromatic rings. The van der Waals surface area contributed by atoms with Gasteiger partial charge >= 0.3 is 6.03 Å². The fraction of sp³-hybridized carbons (Fsp3) is 0.435. The molecule has 0 aromatic heterocycles. The lowest BCUT2D eigenvalue weighted by atomic mass is 9.69. The zero-order chi connectivity index (χ0) is 20.1. The lowest BCUT2D eigenvalue weighted by Crippen LogP contribution is -2.54. The molecule has 6 heteroatoms. The highest BCUT2D eigenvalue weighted by Crippen LogP contribution is 2.46. The number of ether oxygens (including phenoxy) is 2. The average molecular weight is 393 g/mol. The van der Waals surface area contributed by atoms with Crippen molar-refractivity contribution >= 4 is 11.7 Å². The van der Waals surface area contributed by atoms with Crippen molar-refractivity contribution in [3.05, 3.63) is 54.1 Å². The van der Waals surface area contributed by atoms with Gasteiger partial charge in [0.05, 0.1) is 12.1 Å². The van der Waals surface area contributed by atoms with Crippen LogP contribution in [0.2, 0.25) is 0 Å². The Kier molecular flexibility index (Phi) is 4.21. The highest BCUT2D eigenvalue weighted by molar-refractivity contribution is 5.95. The molecular formula is C23H27N3O3. The normalized spacial score (nSPS) is 28.2. The molecule has 2 amide bonds. The molecule has 2 aliphatic heterocycles. The summed E-state index contributed by atoms with van der Waals surface area (Å²) in [4.78, 5) is 17.0. The van der Waals surface area contributed by atoms with Crippen LogP contribution in [0.15, 0.2) is 48.5 Å². The molecule has 1 N–H and O–H groups in total. The largest absolute Gasteiger partial charge is 0.454 e. The zero-order valence-electron chi connectivity index (χ0n) is 17.0. The first-order valence-electron chi connectivity index (χ1n) is 10.2. The van der Waals surface area contributed by atoms with Gasteiger partial charge in [0.1, 0.15) is 0 Å². The van der Waals surface area contributed by atoms with E-state index < -0.39 is 0 Å². The molecule has 2 aromatic carbocycles. The Labute approximate surface area is 171 Å². The fourth-order valence-corrected chi connectivity index (χ4v) is 5.14. The Morgan fingerprint density at radius 3 is 2.41 bits per heavy atom. The van der Waals surface area contributed by atoms with E-state index in [1.807, 2.05) is 23.1 Å². The van der Waals surface area contributed by atoms with Gasteiger partial charge in [-0.3, -0.25) is 9.80 Å². The lowest BCUT2D eigenvalue weighted by molar-refractivity contribution is 0.0658. The molecule has 0 atom stereocenters. The third kappa shape index (κ3) is 2.94. The van der Waals surface area contributed by atoms with Crippen LogP contribution < -0.4 is 19.7 Å². The molecule has 3 aliphatic rings. The Morgan fingerprint density at radius 2 is 1.69 bits per heavy atom. The number of amides is 2. The standard InChI is InChI=1S/C23H27N3O3/c1-25(2)23(17-6-4-3-5-7-17)12-10-22(11-13-23)15-26(21(27)24-22)18-8-9-19-20(14-18)29-16-28-19/h3-9,14H,10-13,15-16H2,1-2H3,(H,24,27). The molecule has 0 bridgehead atoms. The number of anilines is 1. The van der Waals surface area contributed by atoms with Crippen molar-refractivity contribution in [2.75, 3.05) is 32.3 Å². The number of rotatable bonds is 3. The van der Waals surface area contributed by atoms with E-state index in [9.17, 15) is 4.79 Å². The van der Waals surface area contributed by atoms with E-state index in [1.54, 1.807) is 0 Å². The molecule has 0 radical (unpaired) electrons. The van der Waals surface area contributed by atoms with Crippen molar-refractivity contribution in [3.8, 4) is 11.5 Å². The van der Waals surface area contributed by atoms with Gasteiger partial charge < -0.3 is 14.8 Å². The Morgan fingerprint density at radius 1 is 0.966 bits per heavy atom. The number of nitrogens with zero attached hydrogens (tertiary/aromatic N) is 2. The summed E-state index contributed by atoms with van der Waals surface area (Å²) in [5, 5.41) is 3.31. The van der Waals surface area contributed by atoms with Gasteiger partial charge in [0.15, 0.2) is 11.5 Å². The van der Waals surface area contributed by atoms with Crippen LogP contribution in [0.4, 0.5) is 10.5 Å². The van der Waals surface area contributed by atoms with Crippen LogP contribution in [0.5, 0.6) is 11.5 Å². The SMILES string of the molecule is CN(C)C1(c2ccccc2)CCC2(CC1)CN(c1ccc3c(c1)OCO3)C(=O)N2. The molecular weight excluding hydrogens is 366 g/mol. The third-order valence-electron chi connectivity index (χ3n) is 6.95. The predicted molar refractivity (Wildman–Crippen MR) is 111 cm³/mol. The first-order chi connectivity index (χ1) is 14.0. The van der Waals surface area contributed by atoms with Gasteiger partial charge in [-0.1, -0.05) is 30.3 Å². The summed E-state index contributed by atoms with van der Waals surface area (Å²) in [6, 6.07) is 16.4. The van der Waals surface area contributed by atoms with Gasteiger partial charge in [-0.05, 0) is 57.5 Å². The van der Waals surface area contributed by atoms with Gasteiger partial charge in [0, 0.05) is 17.3 Å². The number of hydrogen-bond donors (Lipinski definition) is 1. The summed E-state index contributed by atoms with van der Waals surface area (Å²) in [7, 11) is 4.33. The van der Waals surface area contributed by atoms with E-state index >= 15 is 0 Å². The van der Waals surface area contributed by atoms with Crippen LogP contribution in [-0.2, 0) is 5.54 Å². The second-order valence-electron chi connectivity index (χ2n) is 8.63. The predicted octanol–water partition coefficient (Wildman–Crippen LogP) is 3.71. The summed E-state index contributed by atoms with van der Waals surface area (Å²) < 4.78 is 10.9. The van der Waals surface area contributed by atoms with E-state index in [2.05, 4.69) is 54.6 Å². The highest BCUT2D eigenvalue weighted by atomic mass is 16.7. The number of carbonyl (C=O) groups excluding carboxylic acids is 1. The molecule has 1 saturated carbocycles. The zero-order valence-corrected chi connectivity index (χ0v) is 17.0. The van der Waals surface area contributed by atoms with Gasteiger partial charge in [-0.25, -0.2) is 4.79 Å². The molecule has 5 rings (SSSR count). The molecule has 6 nitrogen and oxygen atoms in total. The molecule has 0 unspecified atom stereocenters. The summed E-state index contributed by atoms with van der Waals surface area (Å²) in [6.07, 6.45) is 3.93. The van der Waals surface area contributed by atoms with Crippen molar-refractivity contribution in [1.82, 2.24) is 10.2 Å². The van der Waals surface area contributed by atoms with Gasteiger partial charge in [-0.2, -0.15) is 0 Å². The number of hydrogen-bond acceptors (Lipinski definition) is 4. The van der Waals surface area contributed by atoms with Crippen molar-refractivity contribution in [2.24, 2.45) is 0 Å². The van der Waals surface area contributed by atoms with Crippen LogP contribution >= 0.6 is 0 Å². The minimum Gasteiger partial charge on any atom is -0.454 e. The average Bonchev–Trinajstić information content (AvgIpc) is 3.33. The minimum absolute atomic E-state index is 0.0173. The minimum atomic E-state index is -0.179. The highest BCUT2D eigenvalue weighted by Gasteiger charge is 2.50. The first kappa shape index (κ1) is 18.3. The molecule has 1 saturated heterocycles. The number of nitrogens with one attached hydrogen (secondary N) is 1. The molecule has 1 spiro atoms. The van der Waals surface area contributed by atoms with E-state index in [-0.39, 0.29) is 23.9 Å². The monoisotopic (exact) mass is 393 g/mol. The maximum absolute atomic E-state index is 12.8. The van der Waals surface area contributed by atoms with Crippen molar-refractivity contribution in [1.29, 1.82) is 0 Å². The van der Waals surface area contributed by atoms with Gasteiger partial charge in [-0.15, -0.1) is 0 Å². The maximum Gasteiger partial charge on any atom is 0.322 e. The lowest BCUT2D eigenvalue weighted by Gasteiger charge is -2.48. The smallest absolute Gasteiger partial charge is 0.322 e. The number of carbonyl (C=O) groups is 1. The Bertz CT molecular complexity index is 920. The fourth-order valence-electron chi connectivity index (χ4n) is 5.14. The first-order valence-corrected chi connectivity index (χ1v) is 10.2. The summed E-state index contributed by atoms with van der Waals surface area (Å²) >= 11 is 0. The molecule has 1 aliphatic carbocycles. The van der Waals surface area contributed by atoms with Crippen LogP contribution in [0.25, 0.3) is 0 Å². The summed E-state index contributed by atoms with van der Waals surface area (Å²) in [5.41, 5.74) is 2.05. The van der Waals surface area contributed by atoms with E-state index in [1.165, 1.54) is 5.56 Å². The summed E-state index contributed by atoms with van der Waals surface area (Å²) in [6.45, 7) is 0.921. The number of fused-ring (bicyclic) bond motifs is 1. The second-order valence-corrected chi connectivity index (χ2v) is 8.63. The summed E-state index contributed by atoms with van der Waals surface area (Å²) in [5.74, 6) is 1.44. The molecule has 29 heavy (non-hydrogen) atoms. The second kappa shape index (κ2) is 6.66.